The van der Waals surface area contributed by atoms with Crippen LogP contribution in [0.25, 0.3) is 0 Å². The summed E-state index contributed by atoms with van der Waals surface area (Å²) in [5, 5.41) is 0. The van der Waals surface area contributed by atoms with E-state index in [1.165, 1.54) is 5.56 Å². The van der Waals surface area contributed by atoms with Crippen molar-refractivity contribution >= 4 is 6.29 Å². The van der Waals surface area contributed by atoms with Crippen molar-refractivity contribution in [2.75, 3.05) is 0 Å². The van der Waals surface area contributed by atoms with Crippen molar-refractivity contribution in [1.29, 1.82) is 0 Å². The molecule has 0 saturated heterocycles. The van der Waals surface area contributed by atoms with Gasteiger partial charge < -0.3 is 1.43 Å². The first-order valence-electron chi connectivity index (χ1n) is 2.85. The average Bonchev–Trinajstić information content (AvgIpc) is 1.90. The molecule has 0 heterocycles. The van der Waals surface area contributed by atoms with Crippen LogP contribution in [0.1, 0.15) is 17.3 Å². The second-order valence-corrected chi connectivity index (χ2v) is 2.03. The third-order valence-corrected chi connectivity index (χ3v) is 1.21. The molecule has 0 amide bonds. The molecule has 1 aromatic carbocycles. The van der Waals surface area contributed by atoms with Gasteiger partial charge in [0.25, 0.3) is 0 Å². The third kappa shape index (κ3) is 3.08. The molecule has 10 heavy (non-hydrogen) atoms. The van der Waals surface area contributed by atoms with E-state index in [-0.39, 0.29) is 52.8 Å². The minimum Gasteiger partial charge on any atom is -1.00 e. The zero-order valence-corrected chi connectivity index (χ0v) is 9.42. The molecule has 48 valence electrons. The maximum absolute atomic E-state index is 10.1. The monoisotopic (exact) mass is 160 g/mol. The zero-order valence-electron chi connectivity index (χ0n) is 7.29. The first-order chi connectivity index (χ1) is 4.33. The zero-order chi connectivity index (χ0) is 6.69. The molecule has 0 aliphatic rings. The summed E-state index contributed by atoms with van der Waals surface area (Å²) in [6, 6.07) is 7.46. The van der Waals surface area contributed by atoms with Gasteiger partial charge in [0.05, 0.1) is 0 Å². The van der Waals surface area contributed by atoms with E-state index in [0.29, 0.717) is 0 Å². The molecule has 2 heteroatoms. The van der Waals surface area contributed by atoms with Crippen LogP contribution in [0.15, 0.2) is 24.3 Å². The van der Waals surface area contributed by atoms with E-state index in [0.717, 1.165) is 11.8 Å². The fourth-order valence-electron chi connectivity index (χ4n) is 0.645. The number of rotatable bonds is 1. The molecule has 1 aromatic rings. The standard InChI is InChI=1S/C8H8O.K.H/c1-7-2-4-8(6-9)5-3-7;;/h2-6H,1H3;;/q;+1;-1. The summed E-state index contributed by atoms with van der Waals surface area (Å²) >= 11 is 0. The SMILES string of the molecule is Cc1ccc(C=O)cc1.[H-].[K+]. The first kappa shape index (κ1) is 10.5. The topological polar surface area (TPSA) is 17.1 Å². The van der Waals surface area contributed by atoms with Crippen molar-refractivity contribution in [1.82, 2.24) is 0 Å². The van der Waals surface area contributed by atoms with Gasteiger partial charge in [0.1, 0.15) is 6.29 Å². The number of carbonyl (C=O) groups is 1. The van der Waals surface area contributed by atoms with E-state index < -0.39 is 0 Å². The summed E-state index contributed by atoms with van der Waals surface area (Å²) in [4.78, 5) is 10.1. The van der Waals surface area contributed by atoms with E-state index in [1.807, 2.05) is 31.2 Å². The summed E-state index contributed by atoms with van der Waals surface area (Å²) in [6.07, 6.45) is 0.847. The van der Waals surface area contributed by atoms with Crippen LogP contribution >= 0.6 is 0 Å². The quantitative estimate of drug-likeness (QED) is 0.377. The Morgan fingerprint density at radius 1 is 1.30 bits per heavy atom. The normalized spacial score (nSPS) is 8.10. The Bertz CT molecular complexity index is 208. The fraction of sp³-hybridized carbons (Fsp3) is 0.125. The molecule has 0 spiro atoms. The Kier molecular flexibility index (Phi) is 5.49. The Balaban J connectivity index is 0. The number of aryl methyl sites for hydroxylation is 1. The van der Waals surface area contributed by atoms with Gasteiger partial charge in [-0.1, -0.05) is 29.8 Å². The summed E-state index contributed by atoms with van der Waals surface area (Å²) < 4.78 is 0. The molecule has 0 N–H and O–H groups in total. The molecule has 0 radical (unpaired) electrons. The van der Waals surface area contributed by atoms with Crippen LogP contribution < -0.4 is 51.4 Å². The smallest absolute Gasteiger partial charge is 1.00 e. The van der Waals surface area contributed by atoms with E-state index in [4.69, 9.17) is 0 Å². The Morgan fingerprint density at radius 3 is 2.20 bits per heavy atom. The Hall–Kier alpha value is 0.526. The summed E-state index contributed by atoms with van der Waals surface area (Å²) in [7, 11) is 0. The van der Waals surface area contributed by atoms with Crippen molar-refractivity contribution in [3.8, 4) is 0 Å². The van der Waals surface area contributed by atoms with Crippen LogP contribution in [0.2, 0.25) is 0 Å². The minimum absolute atomic E-state index is 0. The number of carbonyl (C=O) groups excluding carboxylic acids is 1. The van der Waals surface area contributed by atoms with Crippen molar-refractivity contribution in [2.45, 2.75) is 6.92 Å². The number of hydrogen-bond donors (Lipinski definition) is 0. The van der Waals surface area contributed by atoms with E-state index in [2.05, 4.69) is 0 Å². The number of benzene rings is 1. The second-order valence-electron chi connectivity index (χ2n) is 2.03. The van der Waals surface area contributed by atoms with Crippen LogP contribution in [0.4, 0.5) is 0 Å². The van der Waals surface area contributed by atoms with Crippen LogP contribution in [-0.2, 0) is 0 Å². The van der Waals surface area contributed by atoms with E-state index >= 15 is 0 Å². The van der Waals surface area contributed by atoms with Crippen LogP contribution in [0.3, 0.4) is 0 Å². The average molecular weight is 160 g/mol. The second kappa shape index (κ2) is 5.21. The summed E-state index contributed by atoms with van der Waals surface area (Å²) in [6.45, 7) is 1.99. The van der Waals surface area contributed by atoms with Gasteiger partial charge in [-0.3, -0.25) is 4.79 Å². The van der Waals surface area contributed by atoms with Gasteiger partial charge in [-0.15, -0.1) is 0 Å². The molecule has 1 nitrogen and oxygen atoms in total. The first-order valence-corrected chi connectivity index (χ1v) is 2.85. The van der Waals surface area contributed by atoms with Crippen molar-refractivity contribution in [2.24, 2.45) is 0 Å². The van der Waals surface area contributed by atoms with Crippen LogP contribution in [0.5, 0.6) is 0 Å². The van der Waals surface area contributed by atoms with Gasteiger partial charge in [-0.2, -0.15) is 0 Å². The van der Waals surface area contributed by atoms with Gasteiger partial charge in [0, 0.05) is 5.56 Å². The maximum Gasteiger partial charge on any atom is 1.00 e. The van der Waals surface area contributed by atoms with E-state index in [9.17, 15) is 4.79 Å². The number of hydrogen-bond acceptors (Lipinski definition) is 1. The summed E-state index contributed by atoms with van der Waals surface area (Å²) in [5.41, 5.74) is 1.92. The predicted octanol–water partition coefficient (Wildman–Crippen LogP) is -1.08. The maximum atomic E-state index is 10.1. The van der Waals surface area contributed by atoms with Crippen molar-refractivity contribution < 1.29 is 57.6 Å². The number of aldehydes is 1. The van der Waals surface area contributed by atoms with Crippen LogP contribution in [0, 0.1) is 6.92 Å². The van der Waals surface area contributed by atoms with Crippen molar-refractivity contribution in [3.05, 3.63) is 35.4 Å². The molecule has 1 rings (SSSR count). The Morgan fingerprint density at radius 2 is 1.80 bits per heavy atom. The molecule has 0 bridgehead atoms. The van der Waals surface area contributed by atoms with Crippen molar-refractivity contribution in [3.63, 3.8) is 0 Å². The van der Waals surface area contributed by atoms with Gasteiger partial charge in [-0.05, 0) is 6.92 Å². The molecule has 0 atom stereocenters. The van der Waals surface area contributed by atoms with Gasteiger partial charge in [0.15, 0.2) is 0 Å². The minimum atomic E-state index is 0. The molecule has 0 aliphatic heterocycles. The molecular formula is C8H9KO. The molecule has 0 aliphatic carbocycles. The third-order valence-electron chi connectivity index (χ3n) is 1.21. The van der Waals surface area contributed by atoms with Gasteiger partial charge in [-0.25, -0.2) is 0 Å². The van der Waals surface area contributed by atoms with Gasteiger partial charge in [0.2, 0.25) is 0 Å². The fourth-order valence-corrected chi connectivity index (χ4v) is 0.645. The summed E-state index contributed by atoms with van der Waals surface area (Å²) in [5.74, 6) is 0. The largest absolute Gasteiger partial charge is 1.00 e. The molecule has 0 fully saturated rings. The predicted molar refractivity (Wildman–Crippen MR) is 37.7 cm³/mol. The van der Waals surface area contributed by atoms with Crippen LogP contribution in [-0.4, -0.2) is 6.29 Å². The van der Waals surface area contributed by atoms with E-state index in [1.54, 1.807) is 0 Å². The molecule has 0 unspecified atom stereocenters. The molecule has 0 aromatic heterocycles. The molecular weight excluding hydrogens is 151 g/mol. The molecule has 0 saturated carbocycles. The van der Waals surface area contributed by atoms with Gasteiger partial charge >= 0.3 is 51.4 Å². The Labute approximate surface area is 105 Å².